The molecule has 1 heterocycles. The van der Waals surface area contributed by atoms with Crippen molar-refractivity contribution in [2.75, 3.05) is 20.2 Å². The Morgan fingerprint density at radius 1 is 1.33 bits per heavy atom. The molecule has 1 aromatic rings. The zero-order valence-electron chi connectivity index (χ0n) is 13.8. The SMILES string of the molecule is COc1ccc(C(N)C(C)N2CC(C)OC(C)(C)C2)cc1. The Morgan fingerprint density at radius 3 is 2.48 bits per heavy atom. The number of methoxy groups -OCH3 is 1. The molecule has 21 heavy (non-hydrogen) atoms. The summed E-state index contributed by atoms with van der Waals surface area (Å²) in [7, 11) is 1.68. The van der Waals surface area contributed by atoms with Crippen molar-refractivity contribution in [1.82, 2.24) is 4.90 Å². The first-order valence-corrected chi connectivity index (χ1v) is 7.64. The van der Waals surface area contributed by atoms with Crippen LogP contribution in [0.4, 0.5) is 0 Å². The number of ether oxygens (including phenoxy) is 2. The van der Waals surface area contributed by atoms with Gasteiger partial charge in [-0.3, -0.25) is 4.90 Å². The highest BCUT2D eigenvalue weighted by atomic mass is 16.5. The average Bonchev–Trinajstić information content (AvgIpc) is 2.43. The van der Waals surface area contributed by atoms with Crippen LogP contribution >= 0.6 is 0 Å². The summed E-state index contributed by atoms with van der Waals surface area (Å²) < 4.78 is 11.2. The Morgan fingerprint density at radius 2 is 1.95 bits per heavy atom. The molecule has 0 saturated carbocycles. The molecule has 2 N–H and O–H groups in total. The Hall–Kier alpha value is -1.10. The van der Waals surface area contributed by atoms with E-state index in [0.717, 1.165) is 24.4 Å². The molecule has 3 unspecified atom stereocenters. The second-order valence-electron chi connectivity index (χ2n) is 6.66. The van der Waals surface area contributed by atoms with Crippen LogP contribution in [-0.2, 0) is 4.74 Å². The van der Waals surface area contributed by atoms with Crippen LogP contribution < -0.4 is 10.5 Å². The van der Waals surface area contributed by atoms with Crippen molar-refractivity contribution < 1.29 is 9.47 Å². The zero-order chi connectivity index (χ0) is 15.6. The number of nitrogens with two attached hydrogens (primary N) is 1. The van der Waals surface area contributed by atoms with Gasteiger partial charge in [-0.1, -0.05) is 12.1 Å². The predicted octanol–water partition coefficient (Wildman–Crippen LogP) is 2.58. The third-order valence-electron chi connectivity index (χ3n) is 4.19. The molecule has 0 aromatic heterocycles. The standard InChI is InChI=1S/C17H28N2O2/c1-12-10-19(11-17(3,4)21-12)13(2)16(18)14-6-8-15(20-5)9-7-14/h6-9,12-13,16H,10-11,18H2,1-5H3. The van der Waals surface area contributed by atoms with Crippen molar-refractivity contribution in [2.24, 2.45) is 5.73 Å². The van der Waals surface area contributed by atoms with E-state index in [-0.39, 0.29) is 23.8 Å². The maximum absolute atomic E-state index is 6.47. The van der Waals surface area contributed by atoms with E-state index < -0.39 is 0 Å². The predicted molar refractivity (Wildman–Crippen MR) is 85.6 cm³/mol. The molecule has 1 aliphatic rings. The smallest absolute Gasteiger partial charge is 0.118 e. The minimum absolute atomic E-state index is 0.0167. The van der Waals surface area contributed by atoms with Gasteiger partial charge in [0.2, 0.25) is 0 Å². The number of rotatable bonds is 4. The number of hydrogen-bond donors (Lipinski definition) is 1. The summed E-state index contributed by atoms with van der Waals surface area (Å²) in [5.41, 5.74) is 7.49. The van der Waals surface area contributed by atoms with Gasteiger partial charge in [-0.15, -0.1) is 0 Å². The van der Waals surface area contributed by atoms with Gasteiger partial charge >= 0.3 is 0 Å². The fraction of sp³-hybridized carbons (Fsp3) is 0.647. The normalized spacial score (nSPS) is 25.3. The highest BCUT2D eigenvalue weighted by Gasteiger charge is 2.35. The Kier molecular flexibility index (Phi) is 4.91. The van der Waals surface area contributed by atoms with Gasteiger partial charge in [0.25, 0.3) is 0 Å². The van der Waals surface area contributed by atoms with Crippen molar-refractivity contribution in [3.05, 3.63) is 29.8 Å². The van der Waals surface area contributed by atoms with Crippen LogP contribution in [0.5, 0.6) is 5.75 Å². The lowest BCUT2D eigenvalue weighted by Gasteiger charge is -2.45. The molecule has 1 fully saturated rings. The molecule has 0 radical (unpaired) electrons. The van der Waals surface area contributed by atoms with E-state index >= 15 is 0 Å². The van der Waals surface area contributed by atoms with Crippen molar-refractivity contribution >= 4 is 0 Å². The van der Waals surface area contributed by atoms with E-state index in [1.807, 2.05) is 12.1 Å². The summed E-state index contributed by atoms with van der Waals surface area (Å²) >= 11 is 0. The summed E-state index contributed by atoms with van der Waals surface area (Å²) in [4.78, 5) is 2.43. The van der Waals surface area contributed by atoms with Gasteiger partial charge in [0.15, 0.2) is 0 Å². The monoisotopic (exact) mass is 292 g/mol. The van der Waals surface area contributed by atoms with Crippen LogP contribution in [0.3, 0.4) is 0 Å². The Balaban J connectivity index is 2.08. The lowest BCUT2D eigenvalue weighted by molar-refractivity contribution is -0.138. The maximum atomic E-state index is 6.47. The second kappa shape index (κ2) is 6.34. The topological polar surface area (TPSA) is 47.7 Å². The molecular weight excluding hydrogens is 264 g/mol. The molecule has 2 rings (SSSR count). The molecule has 118 valence electrons. The first-order valence-electron chi connectivity index (χ1n) is 7.64. The maximum Gasteiger partial charge on any atom is 0.118 e. The molecular formula is C17H28N2O2. The van der Waals surface area contributed by atoms with E-state index in [0.29, 0.717) is 0 Å². The van der Waals surface area contributed by atoms with Gasteiger partial charge in [-0.05, 0) is 45.4 Å². The van der Waals surface area contributed by atoms with Gasteiger partial charge in [0.05, 0.1) is 18.8 Å². The fourth-order valence-corrected chi connectivity index (χ4v) is 3.15. The van der Waals surface area contributed by atoms with Crippen molar-refractivity contribution in [2.45, 2.75) is 51.5 Å². The zero-order valence-corrected chi connectivity index (χ0v) is 13.8. The minimum Gasteiger partial charge on any atom is -0.497 e. The highest BCUT2D eigenvalue weighted by molar-refractivity contribution is 5.29. The van der Waals surface area contributed by atoms with Crippen LogP contribution in [0.1, 0.15) is 39.3 Å². The summed E-state index contributed by atoms with van der Waals surface area (Å²) in [6, 6.07) is 8.28. The van der Waals surface area contributed by atoms with Crippen LogP contribution in [0.25, 0.3) is 0 Å². The molecule has 0 spiro atoms. The van der Waals surface area contributed by atoms with Crippen LogP contribution in [-0.4, -0.2) is 42.8 Å². The summed E-state index contributed by atoms with van der Waals surface area (Å²) in [6.07, 6.45) is 0.235. The van der Waals surface area contributed by atoms with Gasteiger partial charge in [0, 0.05) is 25.2 Å². The fourth-order valence-electron chi connectivity index (χ4n) is 3.15. The Bertz CT molecular complexity index is 458. The third-order valence-corrected chi connectivity index (χ3v) is 4.19. The highest BCUT2D eigenvalue weighted by Crippen LogP contribution is 2.27. The molecule has 4 heteroatoms. The molecule has 1 aliphatic heterocycles. The molecule has 1 saturated heterocycles. The molecule has 0 aliphatic carbocycles. The van der Waals surface area contributed by atoms with E-state index in [2.05, 4.69) is 44.7 Å². The number of hydrogen-bond acceptors (Lipinski definition) is 4. The Labute approximate surface area is 128 Å². The van der Waals surface area contributed by atoms with Crippen molar-refractivity contribution in [1.29, 1.82) is 0 Å². The molecule has 0 bridgehead atoms. The van der Waals surface area contributed by atoms with Crippen molar-refractivity contribution in [3.63, 3.8) is 0 Å². The van der Waals surface area contributed by atoms with Gasteiger partial charge in [-0.25, -0.2) is 0 Å². The molecule has 0 amide bonds. The molecule has 3 atom stereocenters. The van der Waals surface area contributed by atoms with Gasteiger partial charge in [0.1, 0.15) is 5.75 Å². The largest absolute Gasteiger partial charge is 0.497 e. The minimum atomic E-state index is -0.119. The van der Waals surface area contributed by atoms with E-state index in [1.165, 1.54) is 0 Å². The summed E-state index contributed by atoms with van der Waals surface area (Å²) in [5, 5.41) is 0. The lowest BCUT2D eigenvalue weighted by atomic mass is 9.96. The summed E-state index contributed by atoms with van der Waals surface area (Å²) in [6.45, 7) is 10.4. The van der Waals surface area contributed by atoms with E-state index in [1.54, 1.807) is 7.11 Å². The van der Waals surface area contributed by atoms with Crippen LogP contribution in [0, 0.1) is 0 Å². The first-order chi connectivity index (χ1) is 9.82. The average molecular weight is 292 g/mol. The van der Waals surface area contributed by atoms with Gasteiger partial charge < -0.3 is 15.2 Å². The number of morpholine rings is 1. The van der Waals surface area contributed by atoms with Crippen molar-refractivity contribution in [3.8, 4) is 5.75 Å². The lowest BCUT2D eigenvalue weighted by Crippen LogP contribution is -2.56. The number of benzene rings is 1. The molecule has 1 aromatic carbocycles. The van der Waals surface area contributed by atoms with Crippen LogP contribution in [0.2, 0.25) is 0 Å². The first kappa shape index (κ1) is 16.3. The third kappa shape index (κ3) is 3.96. The quantitative estimate of drug-likeness (QED) is 0.926. The van der Waals surface area contributed by atoms with Crippen LogP contribution in [0.15, 0.2) is 24.3 Å². The van der Waals surface area contributed by atoms with E-state index in [4.69, 9.17) is 15.2 Å². The molecule has 4 nitrogen and oxygen atoms in total. The van der Waals surface area contributed by atoms with E-state index in [9.17, 15) is 0 Å². The number of nitrogens with zero attached hydrogens (tertiary/aromatic N) is 1. The summed E-state index contributed by atoms with van der Waals surface area (Å²) in [5.74, 6) is 0.861. The van der Waals surface area contributed by atoms with Gasteiger partial charge in [-0.2, -0.15) is 0 Å². The second-order valence-corrected chi connectivity index (χ2v) is 6.66.